The Morgan fingerprint density at radius 1 is 1.30 bits per heavy atom. The number of hydrogen-bond acceptors (Lipinski definition) is 4. The maximum atomic E-state index is 10.6. The summed E-state index contributed by atoms with van der Waals surface area (Å²) in [5, 5.41) is 17.3. The van der Waals surface area contributed by atoms with E-state index in [1.807, 2.05) is 0 Å². The molecule has 0 saturated heterocycles. The third-order valence-corrected chi connectivity index (χ3v) is 2.34. The van der Waals surface area contributed by atoms with Gasteiger partial charge in [0.2, 0.25) is 0 Å². The van der Waals surface area contributed by atoms with E-state index in [1.54, 1.807) is 0 Å². The number of carbonyl (C=O) groups excluding carboxylic acids is 1. The molecule has 0 aromatic rings. The first-order valence-electron chi connectivity index (χ1n) is 6.71. The number of carboxylic acids is 1. The van der Waals surface area contributed by atoms with Crippen LogP contribution in [0.25, 0.3) is 0 Å². The molecule has 0 aliphatic carbocycles. The molecule has 1 unspecified atom stereocenters. The molecule has 0 spiro atoms. The summed E-state index contributed by atoms with van der Waals surface area (Å²) in [6.07, 6.45) is 5.76. The van der Waals surface area contributed by atoms with Crippen molar-refractivity contribution in [2.45, 2.75) is 52.1 Å². The quantitative estimate of drug-likeness (QED) is 0.387. The Morgan fingerprint density at radius 2 is 1.85 bits per heavy atom. The van der Waals surface area contributed by atoms with Gasteiger partial charge in [0.25, 0.3) is 0 Å². The Hall–Kier alpha value is -1.62. The Bertz CT molecular complexity index is 297. The minimum atomic E-state index is -0.935. The predicted octanol–water partition coefficient (Wildman–Crippen LogP) is 2.69. The van der Waals surface area contributed by atoms with Crippen molar-refractivity contribution in [1.29, 1.82) is 0 Å². The van der Waals surface area contributed by atoms with Crippen molar-refractivity contribution in [2.24, 2.45) is 0 Å². The molecule has 0 saturated carbocycles. The molecule has 20 heavy (non-hydrogen) atoms. The van der Waals surface area contributed by atoms with E-state index in [4.69, 9.17) is 9.84 Å². The molecule has 116 valence electrons. The molecular formula is C15H26O5. The molecule has 0 aromatic heterocycles. The molecule has 0 heterocycles. The molecule has 0 rings (SSSR count). The fourth-order valence-electron chi connectivity index (χ4n) is 1.13. The number of unbranched alkanes of at least 4 members (excludes halogenated alkanes) is 3. The van der Waals surface area contributed by atoms with E-state index in [0.29, 0.717) is 6.42 Å². The summed E-state index contributed by atoms with van der Waals surface area (Å²) >= 11 is 0. The maximum Gasteiger partial charge on any atom is 0.330 e. The smallest absolute Gasteiger partial charge is 0.330 e. The van der Waals surface area contributed by atoms with Gasteiger partial charge in [-0.2, -0.15) is 0 Å². The zero-order valence-electron chi connectivity index (χ0n) is 12.4. The highest BCUT2D eigenvalue weighted by atomic mass is 16.5. The lowest BCUT2D eigenvalue weighted by atomic mass is 10.1. The topological polar surface area (TPSA) is 83.8 Å². The first-order chi connectivity index (χ1) is 9.34. The van der Waals surface area contributed by atoms with Crippen molar-refractivity contribution in [3.63, 3.8) is 0 Å². The summed E-state index contributed by atoms with van der Waals surface area (Å²) in [6.45, 7) is 10.1. The Balaban J connectivity index is 0. The minimum Gasteiger partial charge on any atom is -0.478 e. The molecule has 0 bridgehead atoms. The van der Waals surface area contributed by atoms with Gasteiger partial charge in [0.05, 0.1) is 6.10 Å². The number of aliphatic hydroxyl groups is 1. The lowest BCUT2D eigenvalue weighted by Gasteiger charge is -2.09. The summed E-state index contributed by atoms with van der Waals surface area (Å²) in [5.74, 6) is -1.41. The van der Waals surface area contributed by atoms with Crippen molar-refractivity contribution in [3.05, 3.63) is 24.8 Å². The van der Waals surface area contributed by atoms with E-state index < -0.39 is 18.0 Å². The molecule has 0 fully saturated rings. The highest BCUT2D eigenvalue weighted by Gasteiger charge is 2.05. The molecule has 5 nitrogen and oxygen atoms in total. The van der Waals surface area contributed by atoms with Gasteiger partial charge < -0.3 is 14.9 Å². The second-order valence-corrected chi connectivity index (χ2v) is 4.42. The van der Waals surface area contributed by atoms with E-state index in [-0.39, 0.29) is 12.2 Å². The van der Waals surface area contributed by atoms with Crippen LogP contribution in [0.3, 0.4) is 0 Å². The SMILES string of the molecule is C=C(C)C(=O)O.C=CC(=O)OCC(O)CCCCCC. The zero-order chi connectivity index (χ0) is 16.0. The third kappa shape index (κ3) is 16.4. The summed E-state index contributed by atoms with van der Waals surface area (Å²) < 4.78 is 4.70. The number of aliphatic hydroxyl groups excluding tert-OH is 1. The largest absolute Gasteiger partial charge is 0.478 e. The van der Waals surface area contributed by atoms with Crippen molar-refractivity contribution < 1.29 is 24.5 Å². The summed E-state index contributed by atoms with van der Waals surface area (Å²) in [5.41, 5.74) is 0.176. The zero-order valence-corrected chi connectivity index (χ0v) is 12.4. The molecular weight excluding hydrogens is 260 g/mol. The van der Waals surface area contributed by atoms with E-state index in [0.717, 1.165) is 18.9 Å². The number of carbonyl (C=O) groups is 2. The van der Waals surface area contributed by atoms with Gasteiger partial charge in [0.15, 0.2) is 0 Å². The van der Waals surface area contributed by atoms with Gasteiger partial charge in [-0.3, -0.25) is 0 Å². The molecule has 0 aromatic carbocycles. The van der Waals surface area contributed by atoms with E-state index in [9.17, 15) is 14.7 Å². The second kappa shape index (κ2) is 13.8. The summed E-state index contributed by atoms with van der Waals surface area (Å²) in [4.78, 5) is 20.2. The van der Waals surface area contributed by atoms with Gasteiger partial charge in [0, 0.05) is 11.6 Å². The van der Waals surface area contributed by atoms with Gasteiger partial charge in [-0.1, -0.05) is 45.8 Å². The highest BCUT2D eigenvalue weighted by molar-refractivity contribution is 5.84. The monoisotopic (exact) mass is 286 g/mol. The minimum absolute atomic E-state index is 0.0803. The Kier molecular flexibility index (Phi) is 14.3. The number of rotatable bonds is 9. The number of aliphatic carboxylic acids is 1. The van der Waals surface area contributed by atoms with Gasteiger partial charge >= 0.3 is 11.9 Å². The van der Waals surface area contributed by atoms with Crippen LogP contribution in [0.4, 0.5) is 0 Å². The lowest BCUT2D eigenvalue weighted by molar-refractivity contribution is -0.140. The van der Waals surface area contributed by atoms with Crippen LogP contribution in [0, 0.1) is 0 Å². The molecule has 0 aliphatic heterocycles. The molecule has 0 amide bonds. The number of hydrogen-bond donors (Lipinski definition) is 2. The van der Waals surface area contributed by atoms with Gasteiger partial charge in [0.1, 0.15) is 6.61 Å². The molecule has 1 atom stereocenters. The van der Waals surface area contributed by atoms with Crippen LogP contribution in [-0.4, -0.2) is 34.9 Å². The van der Waals surface area contributed by atoms with Gasteiger partial charge in [-0.05, 0) is 13.3 Å². The van der Waals surface area contributed by atoms with Crippen molar-refractivity contribution in [2.75, 3.05) is 6.61 Å². The van der Waals surface area contributed by atoms with Crippen LogP contribution >= 0.6 is 0 Å². The number of esters is 1. The molecule has 0 aliphatic rings. The Morgan fingerprint density at radius 3 is 2.25 bits per heavy atom. The van der Waals surface area contributed by atoms with Gasteiger partial charge in [-0.15, -0.1) is 0 Å². The Labute approximate surface area is 121 Å². The first kappa shape index (κ1) is 20.7. The van der Waals surface area contributed by atoms with E-state index in [2.05, 4.69) is 20.1 Å². The predicted molar refractivity (Wildman–Crippen MR) is 78.4 cm³/mol. The molecule has 2 N–H and O–H groups in total. The number of ether oxygens (including phenoxy) is 1. The lowest BCUT2D eigenvalue weighted by Crippen LogP contribution is -2.17. The van der Waals surface area contributed by atoms with Crippen LogP contribution in [0.1, 0.15) is 46.0 Å². The van der Waals surface area contributed by atoms with Crippen LogP contribution in [0.15, 0.2) is 24.8 Å². The number of carboxylic acid groups (broad SMARTS) is 1. The maximum absolute atomic E-state index is 10.6. The standard InChI is InChI=1S/C11H20O3.C4H6O2/c1-3-5-6-7-8-10(12)9-14-11(13)4-2;1-3(2)4(5)6/h4,10,12H,2-3,5-9H2,1H3;1H2,2H3,(H,5,6). The van der Waals surface area contributed by atoms with Crippen LogP contribution in [0.2, 0.25) is 0 Å². The normalized spacial score (nSPS) is 10.8. The van der Waals surface area contributed by atoms with Crippen molar-refractivity contribution >= 4 is 11.9 Å². The summed E-state index contributed by atoms with van der Waals surface area (Å²) in [6, 6.07) is 0. The molecule has 0 radical (unpaired) electrons. The van der Waals surface area contributed by atoms with Crippen molar-refractivity contribution in [3.8, 4) is 0 Å². The third-order valence-electron chi connectivity index (χ3n) is 2.34. The van der Waals surface area contributed by atoms with Gasteiger partial charge in [-0.25, -0.2) is 9.59 Å². The fourth-order valence-corrected chi connectivity index (χ4v) is 1.13. The van der Waals surface area contributed by atoms with Crippen LogP contribution in [0.5, 0.6) is 0 Å². The van der Waals surface area contributed by atoms with Crippen LogP contribution < -0.4 is 0 Å². The van der Waals surface area contributed by atoms with E-state index >= 15 is 0 Å². The van der Waals surface area contributed by atoms with Crippen molar-refractivity contribution in [1.82, 2.24) is 0 Å². The average Bonchev–Trinajstić information content (AvgIpc) is 2.41. The average molecular weight is 286 g/mol. The first-order valence-corrected chi connectivity index (χ1v) is 6.71. The molecule has 5 heteroatoms. The second-order valence-electron chi connectivity index (χ2n) is 4.42. The fraction of sp³-hybridized carbons (Fsp3) is 0.600. The van der Waals surface area contributed by atoms with E-state index in [1.165, 1.54) is 19.8 Å². The highest BCUT2D eigenvalue weighted by Crippen LogP contribution is 2.05. The summed E-state index contributed by atoms with van der Waals surface area (Å²) in [7, 11) is 0. The van der Waals surface area contributed by atoms with Crippen LogP contribution in [-0.2, 0) is 14.3 Å².